The Balaban J connectivity index is 1.45. The second-order valence-electron chi connectivity index (χ2n) is 7.53. The molecule has 0 radical (unpaired) electrons. The first kappa shape index (κ1) is 20.4. The van der Waals surface area contributed by atoms with E-state index < -0.39 is 31.1 Å². The summed E-state index contributed by atoms with van der Waals surface area (Å²) in [6.45, 7) is -0.0264. The van der Waals surface area contributed by atoms with Crippen LogP contribution in [0.2, 0.25) is 0 Å². The highest BCUT2D eigenvalue weighted by Crippen LogP contribution is 2.35. The highest BCUT2D eigenvalue weighted by molar-refractivity contribution is 5.84. The van der Waals surface area contributed by atoms with Gasteiger partial charge in [-0.25, -0.2) is 15.0 Å². The Morgan fingerprint density at radius 1 is 1.06 bits per heavy atom. The number of nitrogens with two attached hydrogens (primary N) is 1. The molecule has 1 aliphatic heterocycles. The predicted molar refractivity (Wildman–Crippen MR) is 114 cm³/mol. The van der Waals surface area contributed by atoms with Crippen molar-refractivity contribution in [2.75, 3.05) is 17.7 Å². The number of fused-ring (bicyclic) bond motifs is 1. The van der Waals surface area contributed by atoms with Gasteiger partial charge in [-0.05, 0) is 17.2 Å². The maximum Gasteiger partial charge on any atom is 0.207 e. The number of nitrogens with zero attached hydrogens (tertiary/aromatic N) is 4. The molecule has 3 aromatic heterocycles. The number of nitrogens with one attached hydrogen (secondary N) is 1. The molecule has 1 fully saturated rings. The van der Waals surface area contributed by atoms with E-state index in [0.29, 0.717) is 23.7 Å². The first-order valence-electron chi connectivity index (χ1n) is 10.0. The number of aliphatic hydroxyl groups is 3. The van der Waals surface area contributed by atoms with Crippen molar-refractivity contribution in [3.8, 4) is 11.1 Å². The van der Waals surface area contributed by atoms with Crippen molar-refractivity contribution in [2.45, 2.75) is 31.1 Å². The molecule has 0 bridgehead atoms. The Hall–Kier alpha value is -3.51. The molecule has 4 heterocycles. The van der Waals surface area contributed by atoms with Crippen molar-refractivity contribution >= 4 is 22.9 Å². The molecule has 5 rings (SSSR count). The van der Waals surface area contributed by atoms with Gasteiger partial charge < -0.3 is 35.5 Å². The van der Waals surface area contributed by atoms with Crippen LogP contribution in [-0.2, 0) is 11.3 Å². The molecule has 166 valence electrons. The number of imidazole rings is 1. The lowest BCUT2D eigenvalue weighted by atomic mass is 10.1. The highest BCUT2D eigenvalue weighted by Gasteiger charge is 2.45. The molecule has 0 saturated carbocycles. The zero-order valence-electron chi connectivity index (χ0n) is 16.9. The average molecular weight is 438 g/mol. The summed E-state index contributed by atoms with van der Waals surface area (Å²) >= 11 is 0. The Labute approximate surface area is 182 Å². The van der Waals surface area contributed by atoms with Gasteiger partial charge in [0.2, 0.25) is 5.95 Å². The number of anilines is 2. The molecule has 1 saturated heterocycles. The standard InChI is InChI=1S/C21H22N6O5/c22-18-15-19(25-10-24-18)27(20-17(30)16(29)14(8-28)32-20)21(26-15)23-7-11-1-3-12(4-2-11)13-5-6-31-9-13/h1-6,9-10,14,16-17,20,28-30H,7-8H2,(H,23,26)(H2,22,24,25)/t14-,16-,17-,20-/m1/s1. The topological polar surface area (TPSA) is 165 Å². The Bertz CT molecular complexity index is 1210. The minimum atomic E-state index is -1.30. The van der Waals surface area contributed by atoms with E-state index in [1.54, 1.807) is 12.5 Å². The molecule has 32 heavy (non-hydrogen) atoms. The number of aliphatic hydroxyl groups excluding tert-OH is 3. The summed E-state index contributed by atoms with van der Waals surface area (Å²) in [5, 5.41) is 33.4. The van der Waals surface area contributed by atoms with Crippen LogP contribution in [0.4, 0.5) is 11.8 Å². The third-order valence-corrected chi connectivity index (χ3v) is 5.54. The molecular formula is C21H22N6O5. The summed E-state index contributed by atoms with van der Waals surface area (Å²) in [7, 11) is 0. The van der Waals surface area contributed by atoms with Crippen LogP contribution in [0.1, 0.15) is 11.8 Å². The maximum absolute atomic E-state index is 10.5. The highest BCUT2D eigenvalue weighted by atomic mass is 16.6. The van der Waals surface area contributed by atoms with E-state index in [-0.39, 0.29) is 5.82 Å². The number of benzene rings is 1. The zero-order chi connectivity index (χ0) is 22.2. The van der Waals surface area contributed by atoms with Gasteiger partial charge in [-0.3, -0.25) is 4.57 Å². The smallest absolute Gasteiger partial charge is 0.207 e. The number of hydrogen-bond donors (Lipinski definition) is 5. The van der Waals surface area contributed by atoms with Crippen molar-refractivity contribution in [1.82, 2.24) is 19.5 Å². The third kappa shape index (κ3) is 3.46. The Kier molecular flexibility index (Phi) is 5.23. The molecule has 0 unspecified atom stereocenters. The van der Waals surface area contributed by atoms with Crippen LogP contribution in [0.15, 0.2) is 53.6 Å². The maximum atomic E-state index is 10.5. The van der Waals surface area contributed by atoms with Gasteiger partial charge in [0.1, 0.15) is 24.6 Å². The van der Waals surface area contributed by atoms with Gasteiger partial charge in [0.05, 0.1) is 19.1 Å². The van der Waals surface area contributed by atoms with Gasteiger partial charge in [-0.1, -0.05) is 24.3 Å². The van der Waals surface area contributed by atoms with Crippen LogP contribution in [-0.4, -0.2) is 59.8 Å². The van der Waals surface area contributed by atoms with E-state index in [2.05, 4.69) is 20.3 Å². The van der Waals surface area contributed by atoms with E-state index in [0.717, 1.165) is 16.7 Å². The van der Waals surface area contributed by atoms with Crippen LogP contribution in [0.5, 0.6) is 0 Å². The van der Waals surface area contributed by atoms with Crippen LogP contribution < -0.4 is 11.1 Å². The minimum Gasteiger partial charge on any atom is -0.472 e. The lowest BCUT2D eigenvalue weighted by Crippen LogP contribution is -2.33. The fourth-order valence-electron chi connectivity index (χ4n) is 3.81. The molecule has 1 aromatic carbocycles. The van der Waals surface area contributed by atoms with Gasteiger partial charge >= 0.3 is 0 Å². The molecule has 0 amide bonds. The second kappa shape index (κ2) is 8.20. The van der Waals surface area contributed by atoms with E-state index in [1.165, 1.54) is 10.9 Å². The number of hydrogen-bond acceptors (Lipinski definition) is 10. The van der Waals surface area contributed by atoms with E-state index >= 15 is 0 Å². The number of rotatable bonds is 6. The second-order valence-corrected chi connectivity index (χ2v) is 7.53. The number of nitrogen functional groups attached to an aromatic ring is 1. The summed E-state index contributed by atoms with van der Waals surface area (Å²) in [6, 6.07) is 9.81. The van der Waals surface area contributed by atoms with Crippen LogP contribution in [0, 0.1) is 0 Å². The normalized spacial score (nSPS) is 23.1. The number of furan rings is 1. The van der Waals surface area contributed by atoms with Crippen LogP contribution >= 0.6 is 0 Å². The fraction of sp³-hybridized carbons (Fsp3) is 0.286. The molecule has 4 atom stereocenters. The third-order valence-electron chi connectivity index (χ3n) is 5.54. The molecule has 4 aromatic rings. The number of ether oxygens (including phenoxy) is 1. The summed E-state index contributed by atoms with van der Waals surface area (Å²) < 4.78 is 12.4. The minimum absolute atomic E-state index is 0.174. The Morgan fingerprint density at radius 2 is 1.88 bits per heavy atom. The average Bonchev–Trinajstić information content (AvgIpc) is 3.53. The molecular weight excluding hydrogens is 416 g/mol. The van der Waals surface area contributed by atoms with E-state index in [9.17, 15) is 15.3 Å². The molecule has 1 aliphatic rings. The summed E-state index contributed by atoms with van der Waals surface area (Å²) in [6.07, 6.45) is 0.0852. The lowest BCUT2D eigenvalue weighted by molar-refractivity contribution is -0.0501. The van der Waals surface area contributed by atoms with Crippen LogP contribution in [0.3, 0.4) is 0 Å². The van der Waals surface area contributed by atoms with Crippen molar-refractivity contribution in [3.63, 3.8) is 0 Å². The summed E-state index contributed by atoms with van der Waals surface area (Å²) in [5.41, 5.74) is 9.65. The van der Waals surface area contributed by atoms with Crippen molar-refractivity contribution < 1.29 is 24.5 Å². The quantitative estimate of drug-likeness (QED) is 0.292. The Morgan fingerprint density at radius 3 is 2.56 bits per heavy atom. The molecule has 11 heteroatoms. The van der Waals surface area contributed by atoms with Crippen molar-refractivity contribution in [2.24, 2.45) is 0 Å². The van der Waals surface area contributed by atoms with E-state index in [4.69, 9.17) is 14.9 Å². The zero-order valence-corrected chi connectivity index (χ0v) is 16.9. The van der Waals surface area contributed by atoms with Gasteiger partial charge in [0.25, 0.3) is 0 Å². The molecule has 0 aliphatic carbocycles. The molecule has 0 spiro atoms. The van der Waals surface area contributed by atoms with Gasteiger partial charge in [0.15, 0.2) is 23.2 Å². The SMILES string of the molecule is Nc1ncnc2c1nc(NCc1ccc(-c3ccoc3)cc1)n2[C@@H]1O[C@H](CO)[C@@H](O)[C@H]1O. The van der Waals surface area contributed by atoms with Crippen LogP contribution in [0.25, 0.3) is 22.3 Å². The summed E-state index contributed by atoms with van der Waals surface area (Å²) in [4.78, 5) is 12.7. The first-order chi connectivity index (χ1) is 15.6. The lowest BCUT2D eigenvalue weighted by Gasteiger charge is -2.19. The van der Waals surface area contributed by atoms with E-state index in [1.807, 2.05) is 30.3 Å². The van der Waals surface area contributed by atoms with Crippen molar-refractivity contribution in [3.05, 3.63) is 54.7 Å². The largest absolute Gasteiger partial charge is 0.472 e. The van der Waals surface area contributed by atoms with Crippen molar-refractivity contribution in [1.29, 1.82) is 0 Å². The fourth-order valence-corrected chi connectivity index (χ4v) is 3.81. The summed E-state index contributed by atoms with van der Waals surface area (Å²) in [5.74, 6) is 0.508. The predicted octanol–water partition coefficient (Wildman–Crippen LogP) is 0.892. The van der Waals surface area contributed by atoms with Gasteiger partial charge in [0, 0.05) is 12.1 Å². The molecule has 11 nitrogen and oxygen atoms in total. The first-order valence-corrected chi connectivity index (χ1v) is 10.0. The monoisotopic (exact) mass is 438 g/mol. The number of aromatic nitrogens is 4. The molecule has 6 N–H and O–H groups in total. The van der Waals surface area contributed by atoms with Gasteiger partial charge in [-0.15, -0.1) is 0 Å². The van der Waals surface area contributed by atoms with Gasteiger partial charge in [-0.2, -0.15) is 0 Å².